The van der Waals surface area contributed by atoms with Crippen LogP contribution in [0.1, 0.15) is 0 Å². The van der Waals surface area contributed by atoms with Gasteiger partial charge in [-0.1, -0.05) is 40.5 Å². The lowest BCUT2D eigenvalue weighted by Crippen LogP contribution is -1.86. The van der Waals surface area contributed by atoms with E-state index in [1.54, 1.807) is 0 Å². The fraction of sp³-hybridized carbons (Fsp3) is 0. The third-order valence-corrected chi connectivity index (χ3v) is 4.71. The maximum atomic E-state index is 6.21. The largest absolute Gasteiger partial charge is 0.360 e. The maximum Gasteiger partial charge on any atom is 0.189 e. The summed E-state index contributed by atoms with van der Waals surface area (Å²) >= 11 is 13.6. The predicted octanol–water partition coefficient (Wildman–Crippen LogP) is 5.74. The van der Waals surface area contributed by atoms with Crippen LogP contribution in [0.25, 0.3) is 21.9 Å². The summed E-state index contributed by atoms with van der Waals surface area (Å²) < 4.78 is 8.46. The van der Waals surface area contributed by atoms with Gasteiger partial charge in [0.15, 0.2) is 11.4 Å². The second-order valence-electron chi connectivity index (χ2n) is 4.69. The van der Waals surface area contributed by atoms with E-state index in [1.165, 1.54) is 11.9 Å². The second kappa shape index (κ2) is 5.43. The number of halogens is 2. The van der Waals surface area contributed by atoms with Crippen molar-refractivity contribution in [3.8, 4) is 0 Å². The monoisotopic (exact) mass is 349 g/mol. The van der Waals surface area contributed by atoms with Crippen molar-refractivity contribution in [3.05, 3.63) is 52.6 Å². The summed E-state index contributed by atoms with van der Waals surface area (Å²) in [5, 5.41) is 7.19. The Morgan fingerprint density at radius 3 is 3.00 bits per heavy atom. The van der Waals surface area contributed by atoms with E-state index in [2.05, 4.69) is 14.9 Å². The average Bonchev–Trinajstić information content (AvgIpc) is 3.09. The van der Waals surface area contributed by atoms with E-state index in [9.17, 15) is 0 Å². The number of hydrogen-bond acceptors (Lipinski definition) is 4. The zero-order chi connectivity index (χ0) is 15.1. The molecule has 4 nitrogen and oxygen atoms in total. The lowest BCUT2D eigenvalue weighted by Gasteiger charge is -2.01. The molecule has 0 bridgehead atoms. The molecule has 0 spiro atoms. The summed E-state index contributed by atoms with van der Waals surface area (Å²) in [5.41, 5.74) is 1.64. The van der Waals surface area contributed by atoms with Gasteiger partial charge in [-0.3, -0.25) is 0 Å². The van der Waals surface area contributed by atoms with E-state index < -0.39 is 0 Å². The minimum absolute atomic E-state index is 0.604. The zero-order valence-electron chi connectivity index (χ0n) is 11.1. The summed E-state index contributed by atoms with van der Waals surface area (Å²) in [6, 6.07) is 11.2. The van der Waals surface area contributed by atoms with Gasteiger partial charge in [-0.2, -0.15) is 0 Å². The van der Waals surface area contributed by atoms with Crippen molar-refractivity contribution >= 4 is 62.8 Å². The SMILES string of the molecule is Clc1ccc2c(SNc3noc4cccc(Cl)c34)c[nH]c2c1. The highest BCUT2D eigenvalue weighted by Crippen LogP contribution is 2.34. The third-order valence-electron chi connectivity index (χ3n) is 3.31. The van der Waals surface area contributed by atoms with Crippen LogP contribution in [0.4, 0.5) is 5.82 Å². The van der Waals surface area contributed by atoms with Crippen LogP contribution < -0.4 is 4.72 Å². The van der Waals surface area contributed by atoms with Gasteiger partial charge in [-0.05, 0) is 36.2 Å². The molecule has 0 saturated heterocycles. The van der Waals surface area contributed by atoms with Gasteiger partial charge < -0.3 is 14.2 Å². The highest BCUT2D eigenvalue weighted by Gasteiger charge is 2.12. The van der Waals surface area contributed by atoms with Crippen LogP contribution in [-0.4, -0.2) is 10.1 Å². The molecule has 2 N–H and O–H groups in total. The maximum absolute atomic E-state index is 6.21. The summed E-state index contributed by atoms with van der Waals surface area (Å²) in [6.07, 6.45) is 1.92. The molecule has 0 aliphatic heterocycles. The van der Waals surface area contributed by atoms with Crippen LogP contribution in [0.5, 0.6) is 0 Å². The zero-order valence-corrected chi connectivity index (χ0v) is 13.4. The first-order chi connectivity index (χ1) is 10.7. The molecule has 4 rings (SSSR count). The van der Waals surface area contributed by atoms with Crippen LogP contribution in [0, 0.1) is 0 Å². The van der Waals surface area contributed by atoms with Gasteiger partial charge in [0.25, 0.3) is 0 Å². The van der Waals surface area contributed by atoms with Crippen LogP contribution >= 0.6 is 35.1 Å². The fourth-order valence-electron chi connectivity index (χ4n) is 2.28. The lowest BCUT2D eigenvalue weighted by molar-refractivity contribution is 0.460. The van der Waals surface area contributed by atoms with E-state index in [0.717, 1.165) is 21.2 Å². The number of rotatable bonds is 3. The van der Waals surface area contributed by atoms with Crippen LogP contribution in [0.3, 0.4) is 0 Å². The summed E-state index contributed by atoms with van der Waals surface area (Å²) in [5.74, 6) is 0.605. The van der Waals surface area contributed by atoms with Crippen molar-refractivity contribution < 1.29 is 4.52 Å². The molecule has 2 aromatic carbocycles. The van der Waals surface area contributed by atoms with Crippen molar-refractivity contribution in [2.24, 2.45) is 0 Å². The van der Waals surface area contributed by atoms with Gasteiger partial charge in [-0.25, -0.2) is 0 Å². The van der Waals surface area contributed by atoms with Gasteiger partial charge in [0.1, 0.15) is 0 Å². The topological polar surface area (TPSA) is 53.9 Å². The molecule has 0 fully saturated rings. The number of nitrogens with zero attached hydrogens (tertiary/aromatic N) is 1. The molecule has 0 radical (unpaired) electrons. The van der Waals surface area contributed by atoms with Crippen molar-refractivity contribution in [1.29, 1.82) is 0 Å². The minimum Gasteiger partial charge on any atom is -0.360 e. The molecule has 0 unspecified atom stereocenters. The standard InChI is InChI=1S/C15H9Cl2N3OS/c16-8-4-5-9-11(6-8)18-7-13(9)22-20-15-14-10(17)2-1-3-12(14)21-19-15/h1-7,18H,(H,19,20). The number of nitrogens with one attached hydrogen (secondary N) is 2. The fourth-order valence-corrected chi connectivity index (χ4v) is 3.46. The molecule has 0 atom stereocenters. The number of benzene rings is 2. The average molecular weight is 350 g/mol. The van der Waals surface area contributed by atoms with Crippen molar-refractivity contribution in [1.82, 2.24) is 10.1 Å². The quantitative estimate of drug-likeness (QED) is 0.463. The van der Waals surface area contributed by atoms with E-state index in [4.69, 9.17) is 27.7 Å². The smallest absolute Gasteiger partial charge is 0.189 e. The van der Waals surface area contributed by atoms with Gasteiger partial charge >= 0.3 is 0 Å². The van der Waals surface area contributed by atoms with Crippen molar-refractivity contribution in [2.75, 3.05) is 4.72 Å². The van der Waals surface area contributed by atoms with Crippen LogP contribution in [0.15, 0.2) is 52.0 Å². The van der Waals surface area contributed by atoms with E-state index in [-0.39, 0.29) is 0 Å². The first kappa shape index (κ1) is 13.8. The van der Waals surface area contributed by atoms with Gasteiger partial charge in [-0.15, -0.1) is 0 Å². The van der Waals surface area contributed by atoms with E-state index in [0.29, 0.717) is 21.4 Å². The Labute approximate surface area is 139 Å². The predicted molar refractivity (Wildman–Crippen MR) is 91.8 cm³/mol. The first-order valence-electron chi connectivity index (χ1n) is 6.46. The Morgan fingerprint density at radius 1 is 1.18 bits per heavy atom. The van der Waals surface area contributed by atoms with Gasteiger partial charge in [0, 0.05) is 22.1 Å². The minimum atomic E-state index is 0.604. The Hall–Kier alpha value is -1.82. The number of anilines is 1. The molecular formula is C15H9Cl2N3OS. The summed E-state index contributed by atoms with van der Waals surface area (Å²) in [6.45, 7) is 0. The molecule has 0 aliphatic rings. The number of fused-ring (bicyclic) bond motifs is 2. The Balaban J connectivity index is 1.66. The number of H-pyrrole nitrogens is 1. The molecule has 2 heterocycles. The molecule has 2 aromatic heterocycles. The normalized spacial score (nSPS) is 11.4. The van der Waals surface area contributed by atoms with Crippen LogP contribution in [-0.2, 0) is 0 Å². The first-order valence-corrected chi connectivity index (χ1v) is 8.03. The highest BCUT2D eigenvalue weighted by atomic mass is 35.5. The molecule has 0 aliphatic carbocycles. The lowest BCUT2D eigenvalue weighted by atomic mass is 10.2. The van der Waals surface area contributed by atoms with Crippen molar-refractivity contribution in [2.45, 2.75) is 4.90 Å². The van der Waals surface area contributed by atoms with Crippen molar-refractivity contribution in [3.63, 3.8) is 0 Å². The summed E-state index contributed by atoms with van der Waals surface area (Å²) in [7, 11) is 0. The second-order valence-corrected chi connectivity index (χ2v) is 6.38. The van der Waals surface area contributed by atoms with Gasteiger partial charge in [0.2, 0.25) is 0 Å². The molecule has 110 valence electrons. The molecule has 22 heavy (non-hydrogen) atoms. The molecule has 4 aromatic rings. The molecular weight excluding hydrogens is 341 g/mol. The summed E-state index contributed by atoms with van der Waals surface area (Å²) in [4.78, 5) is 4.23. The Morgan fingerprint density at radius 2 is 2.09 bits per heavy atom. The van der Waals surface area contributed by atoms with Crippen LogP contribution in [0.2, 0.25) is 10.0 Å². The molecule has 0 saturated carbocycles. The third kappa shape index (κ3) is 2.31. The Bertz CT molecular complexity index is 979. The number of hydrogen-bond donors (Lipinski definition) is 2. The van der Waals surface area contributed by atoms with E-state index in [1.807, 2.05) is 42.6 Å². The van der Waals surface area contributed by atoms with Gasteiger partial charge in [0.05, 0.1) is 15.3 Å². The highest BCUT2D eigenvalue weighted by molar-refractivity contribution is 8.00. The Kier molecular flexibility index (Phi) is 3.41. The molecule has 7 heteroatoms. The molecule has 0 amide bonds. The number of aromatic nitrogens is 2. The van der Waals surface area contributed by atoms with E-state index >= 15 is 0 Å². The number of aromatic amines is 1.